The van der Waals surface area contributed by atoms with Crippen LogP contribution in [0.5, 0.6) is 0 Å². The molecule has 3 nitrogen and oxygen atoms in total. The first kappa shape index (κ1) is 10.6. The van der Waals surface area contributed by atoms with Gasteiger partial charge in [0.25, 0.3) is 0 Å². The van der Waals surface area contributed by atoms with Crippen molar-refractivity contribution in [3.63, 3.8) is 0 Å². The Morgan fingerprint density at radius 3 is 2.57 bits per heavy atom. The van der Waals surface area contributed by atoms with Crippen LogP contribution >= 0.6 is 0 Å². The third-order valence-electron chi connectivity index (χ3n) is 1.68. The van der Waals surface area contributed by atoms with Crippen LogP contribution < -0.4 is 0 Å². The van der Waals surface area contributed by atoms with Crippen LogP contribution in [-0.4, -0.2) is 15.2 Å². The van der Waals surface area contributed by atoms with E-state index in [9.17, 15) is 0 Å². The van der Waals surface area contributed by atoms with Gasteiger partial charge in [-0.25, -0.2) is 4.98 Å². The van der Waals surface area contributed by atoms with Gasteiger partial charge in [0.15, 0.2) is 0 Å². The highest BCUT2D eigenvalue weighted by molar-refractivity contribution is 5.58. The maximum Gasteiger partial charge on any atom is 0.148 e. The van der Waals surface area contributed by atoms with Gasteiger partial charge >= 0.3 is 0 Å². The highest BCUT2D eigenvalue weighted by atomic mass is 15.2. The summed E-state index contributed by atoms with van der Waals surface area (Å²) < 4.78 is 0. The molecule has 0 amide bonds. The molecule has 1 aromatic heterocycles. The van der Waals surface area contributed by atoms with Gasteiger partial charge in [-0.1, -0.05) is 19.1 Å². The molecule has 3 heteroatoms. The number of rotatable bonds is 3. The van der Waals surface area contributed by atoms with Crippen LogP contribution in [0, 0.1) is 6.92 Å². The second-order valence-corrected chi connectivity index (χ2v) is 2.94. The molecule has 1 rings (SSSR count). The minimum atomic E-state index is 0.701. The van der Waals surface area contributed by atoms with Crippen molar-refractivity contribution >= 4 is 12.2 Å². The van der Waals surface area contributed by atoms with E-state index in [0.29, 0.717) is 5.82 Å². The molecule has 0 saturated carbocycles. The molecule has 1 heterocycles. The van der Waals surface area contributed by atoms with Gasteiger partial charge < -0.3 is 0 Å². The predicted octanol–water partition coefficient (Wildman–Crippen LogP) is 2.64. The van der Waals surface area contributed by atoms with Crippen molar-refractivity contribution in [1.82, 2.24) is 15.2 Å². The molecule has 0 atom stereocenters. The molecule has 74 valence electrons. The van der Waals surface area contributed by atoms with Crippen LogP contribution in [0.25, 0.3) is 12.2 Å². The Labute approximate surface area is 84.6 Å². The van der Waals surface area contributed by atoms with E-state index >= 15 is 0 Å². The number of aryl methyl sites for hydroxylation is 1. The molecule has 0 aliphatic heterocycles. The summed E-state index contributed by atoms with van der Waals surface area (Å²) >= 11 is 0. The van der Waals surface area contributed by atoms with Crippen molar-refractivity contribution in [2.75, 3.05) is 0 Å². The third-order valence-corrected chi connectivity index (χ3v) is 1.68. The molecule has 1 aromatic rings. The Morgan fingerprint density at radius 1 is 1.14 bits per heavy atom. The van der Waals surface area contributed by atoms with Gasteiger partial charge in [-0.2, -0.15) is 0 Å². The summed E-state index contributed by atoms with van der Waals surface area (Å²) in [7, 11) is 0. The first-order chi connectivity index (χ1) is 6.77. The fourth-order valence-corrected chi connectivity index (χ4v) is 1.06. The van der Waals surface area contributed by atoms with Crippen LogP contribution in [0.2, 0.25) is 0 Å². The average molecular weight is 189 g/mol. The minimum absolute atomic E-state index is 0.701. The van der Waals surface area contributed by atoms with Gasteiger partial charge in [-0.3, -0.25) is 0 Å². The van der Waals surface area contributed by atoms with Gasteiger partial charge in [0, 0.05) is 0 Å². The molecule has 0 bridgehead atoms. The molecule has 0 N–H and O–H groups in total. The third kappa shape index (κ3) is 2.76. The van der Waals surface area contributed by atoms with E-state index in [-0.39, 0.29) is 0 Å². The van der Waals surface area contributed by atoms with Crippen molar-refractivity contribution in [3.8, 4) is 0 Å². The highest BCUT2D eigenvalue weighted by Crippen LogP contribution is 2.07. The Morgan fingerprint density at radius 2 is 1.93 bits per heavy atom. The lowest BCUT2D eigenvalue weighted by Crippen LogP contribution is -1.98. The molecule has 0 unspecified atom stereocenters. The normalized spacial score (nSPS) is 11.6. The summed E-state index contributed by atoms with van der Waals surface area (Å²) in [5.74, 6) is 0.701. The van der Waals surface area contributed by atoms with E-state index in [1.807, 2.05) is 38.2 Å². The summed E-state index contributed by atoms with van der Waals surface area (Å²) in [6, 6.07) is 0. The smallest absolute Gasteiger partial charge is 0.148 e. The lowest BCUT2D eigenvalue weighted by atomic mass is 10.2. The lowest BCUT2D eigenvalue weighted by molar-refractivity contribution is 0.890. The molecular weight excluding hydrogens is 174 g/mol. The molecule has 0 fully saturated rings. The van der Waals surface area contributed by atoms with E-state index in [1.54, 1.807) is 0 Å². The highest BCUT2D eigenvalue weighted by Gasteiger charge is 2.00. The maximum absolute atomic E-state index is 4.30. The first-order valence-corrected chi connectivity index (χ1v) is 4.78. The minimum Gasteiger partial charge on any atom is -0.230 e. The summed E-state index contributed by atoms with van der Waals surface area (Å²) in [4.78, 5) is 4.30. The van der Waals surface area contributed by atoms with E-state index in [4.69, 9.17) is 0 Å². The molecule has 14 heavy (non-hydrogen) atoms. The zero-order valence-electron chi connectivity index (χ0n) is 8.86. The zero-order valence-corrected chi connectivity index (χ0v) is 8.86. The van der Waals surface area contributed by atoms with Gasteiger partial charge in [-0.05, 0) is 32.4 Å². The first-order valence-electron chi connectivity index (χ1n) is 4.78. The van der Waals surface area contributed by atoms with Crippen LogP contribution in [0.15, 0.2) is 12.2 Å². The monoisotopic (exact) mass is 189 g/mol. The Hall–Kier alpha value is -1.51. The number of nitrogens with zero attached hydrogens (tertiary/aromatic N) is 3. The molecular formula is C11H15N3. The largest absolute Gasteiger partial charge is 0.230 e. The molecule has 0 aliphatic carbocycles. The van der Waals surface area contributed by atoms with Gasteiger partial charge in [0.1, 0.15) is 11.5 Å². The van der Waals surface area contributed by atoms with E-state index in [2.05, 4.69) is 22.1 Å². The van der Waals surface area contributed by atoms with Gasteiger partial charge in [0.2, 0.25) is 0 Å². The number of aromatic nitrogens is 3. The van der Waals surface area contributed by atoms with Crippen molar-refractivity contribution in [2.24, 2.45) is 0 Å². The molecule has 0 aliphatic rings. The van der Waals surface area contributed by atoms with Crippen LogP contribution in [0.4, 0.5) is 0 Å². The topological polar surface area (TPSA) is 38.7 Å². The predicted molar refractivity (Wildman–Crippen MR) is 58.6 cm³/mol. The van der Waals surface area contributed by atoms with Gasteiger partial charge in [0.05, 0.1) is 5.69 Å². The standard InChI is InChI=1S/C11H15N3/c1-4-6-8-11-10(7-5-2)12-9(3)13-14-11/h5-8H,4H2,1-3H3/b7-5-,8-6-. The summed E-state index contributed by atoms with van der Waals surface area (Å²) in [6.07, 6.45) is 8.89. The van der Waals surface area contributed by atoms with E-state index < -0.39 is 0 Å². The quantitative estimate of drug-likeness (QED) is 0.733. The Bertz CT molecular complexity index is 354. The van der Waals surface area contributed by atoms with E-state index in [0.717, 1.165) is 17.8 Å². The second kappa shape index (κ2) is 5.27. The van der Waals surface area contributed by atoms with Crippen molar-refractivity contribution in [2.45, 2.75) is 27.2 Å². The fraction of sp³-hybridized carbons (Fsp3) is 0.364. The number of hydrogen-bond donors (Lipinski definition) is 0. The van der Waals surface area contributed by atoms with Crippen molar-refractivity contribution < 1.29 is 0 Å². The van der Waals surface area contributed by atoms with E-state index in [1.165, 1.54) is 0 Å². The second-order valence-electron chi connectivity index (χ2n) is 2.94. The molecule has 0 aromatic carbocycles. The maximum atomic E-state index is 4.30. The van der Waals surface area contributed by atoms with Crippen LogP contribution in [0.1, 0.15) is 37.5 Å². The zero-order chi connectivity index (χ0) is 10.4. The van der Waals surface area contributed by atoms with Crippen LogP contribution in [-0.2, 0) is 0 Å². The Kier molecular flexibility index (Phi) is 3.98. The number of hydrogen-bond acceptors (Lipinski definition) is 3. The van der Waals surface area contributed by atoms with Crippen molar-refractivity contribution in [3.05, 3.63) is 29.4 Å². The summed E-state index contributed by atoms with van der Waals surface area (Å²) in [6.45, 7) is 5.89. The number of allylic oxidation sites excluding steroid dienone is 2. The summed E-state index contributed by atoms with van der Waals surface area (Å²) in [5.41, 5.74) is 1.71. The molecule has 0 spiro atoms. The van der Waals surface area contributed by atoms with Crippen molar-refractivity contribution in [1.29, 1.82) is 0 Å². The van der Waals surface area contributed by atoms with Crippen LogP contribution in [0.3, 0.4) is 0 Å². The Balaban J connectivity index is 3.08. The van der Waals surface area contributed by atoms with Gasteiger partial charge in [-0.15, -0.1) is 10.2 Å². The molecule has 0 radical (unpaired) electrons. The fourth-order valence-electron chi connectivity index (χ4n) is 1.06. The summed E-state index contributed by atoms with van der Waals surface area (Å²) in [5, 5.41) is 8.01. The lowest BCUT2D eigenvalue weighted by Gasteiger charge is -1.98. The SMILES string of the molecule is C/C=C\c1nc(C)nnc1/C=C\CC. The average Bonchev–Trinajstić information content (AvgIpc) is 2.17. The molecule has 0 saturated heterocycles.